The number of carboxylic acids is 2. The molecule has 0 saturated carbocycles. The molecule has 0 bridgehead atoms. The summed E-state index contributed by atoms with van der Waals surface area (Å²) in [7, 11) is 1.56. The third-order valence-electron chi connectivity index (χ3n) is 3.02. The van der Waals surface area contributed by atoms with Gasteiger partial charge in [-0.1, -0.05) is 0 Å². The van der Waals surface area contributed by atoms with Crippen LogP contribution in [0.2, 0.25) is 0 Å². The molecule has 108 valence electrons. The van der Waals surface area contributed by atoms with Crippen LogP contribution in [-0.4, -0.2) is 65.4 Å². The molecule has 1 heterocycles. The summed E-state index contributed by atoms with van der Waals surface area (Å²) in [4.78, 5) is 34.6. The minimum atomic E-state index is -1.24. The van der Waals surface area contributed by atoms with Gasteiger partial charge in [-0.2, -0.15) is 0 Å². The zero-order valence-corrected chi connectivity index (χ0v) is 10.7. The molecule has 1 saturated heterocycles. The van der Waals surface area contributed by atoms with Gasteiger partial charge in [0, 0.05) is 20.1 Å². The molecule has 2 unspecified atom stereocenters. The molecule has 0 aromatic carbocycles. The Bertz CT molecular complexity index is 353. The van der Waals surface area contributed by atoms with E-state index >= 15 is 0 Å². The Kier molecular flexibility index (Phi) is 5.56. The fourth-order valence-electron chi connectivity index (χ4n) is 1.77. The largest absolute Gasteiger partial charge is 0.481 e. The van der Waals surface area contributed by atoms with E-state index in [1.54, 1.807) is 7.05 Å². The van der Waals surface area contributed by atoms with Gasteiger partial charge in [0.1, 0.15) is 6.04 Å². The molecular weight excluding hydrogens is 256 g/mol. The third kappa shape index (κ3) is 4.74. The van der Waals surface area contributed by atoms with Gasteiger partial charge in [-0.05, 0) is 12.8 Å². The van der Waals surface area contributed by atoms with Gasteiger partial charge in [-0.15, -0.1) is 0 Å². The van der Waals surface area contributed by atoms with Crippen molar-refractivity contribution in [3.63, 3.8) is 0 Å². The Hall–Kier alpha value is -1.83. The van der Waals surface area contributed by atoms with Gasteiger partial charge in [-0.3, -0.25) is 4.79 Å². The normalized spacial score (nSPS) is 19.7. The average molecular weight is 274 g/mol. The lowest BCUT2D eigenvalue weighted by Gasteiger charge is -2.25. The van der Waals surface area contributed by atoms with Gasteiger partial charge in [0.2, 0.25) is 0 Å². The molecule has 8 heteroatoms. The number of nitrogens with one attached hydrogen (secondary N) is 1. The van der Waals surface area contributed by atoms with Gasteiger partial charge >= 0.3 is 18.0 Å². The number of urea groups is 1. The van der Waals surface area contributed by atoms with Crippen molar-refractivity contribution < 1.29 is 29.3 Å². The van der Waals surface area contributed by atoms with E-state index in [-0.39, 0.29) is 18.9 Å². The number of amides is 2. The number of ether oxygens (including phenoxy) is 1. The van der Waals surface area contributed by atoms with Crippen LogP contribution in [0.4, 0.5) is 4.79 Å². The molecule has 1 aliphatic heterocycles. The molecule has 8 nitrogen and oxygen atoms in total. The van der Waals surface area contributed by atoms with Gasteiger partial charge in [0.05, 0.1) is 12.6 Å². The summed E-state index contributed by atoms with van der Waals surface area (Å²) in [6, 6.07) is -1.81. The maximum atomic E-state index is 11.8. The van der Waals surface area contributed by atoms with E-state index in [0.29, 0.717) is 19.6 Å². The molecule has 2 atom stereocenters. The second-order valence-corrected chi connectivity index (χ2v) is 4.40. The molecule has 1 aliphatic rings. The monoisotopic (exact) mass is 274 g/mol. The highest BCUT2D eigenvalue weighted by Crippen LogP contribution is 2.11. The standard InChI is InChI=1S/C11H18N2O6/c1-13(7-4-5-19-6-7)11(18)12-8(10(16)17)2-3-9(14)15/h7-8H,2-6H2,1H3,(H,12,18)(H,14,15)(H,16,17). The second kappa shape index (κ2) is 6.93. The van der Waals surface area contributed by atoms with Crippen molar-refractivity contribution >= 4 is 18.0 Å². The van der Waals surface area contributed by atoms with Crippen molar-refractivity contribution in [2.75, 3.05) is 20.3 Å². The summed E-state index contributed by atoms with van der Waals surface area (Å²) >= 11 is 0. The van der Waals surface area contributed by atoms with Crippen molar-refractivity contribution in [2.24, 2.45) is 0 Å². The summed E-state index contributed by atoms with van der Waals surface area (Å²) in [6.45, 7) is 1.00. The number of carbonyl (C=O) groups excluding carboxylic acids is 1. The van der Waals surface area contributed by atoms with Crippen LogP contribution < -0.4 is 5.32 Å². The number of aliphatic carboxylic acids is 2. The SMILES string of the molecule is CN(C(=O)NC(CCC(=O)O)C(=O)O)C1CCOC1. The van der Waals surface area contributed by atoms with Crippen molar-refractivity contribution in [1.29, 1.82) is 0 Å². The highest BCUT2D eigenvalue weighted by molar-refractivity contribution is 5.83. The summed E-state index contributed by atoms with van der Waals surface area (Å²) in [5.74, 6) is -2.34. The van der Waals surface area contributed by atoms with Crippen LogP contribution in [0, 0.1) is 0 Å². The first-order valence-corrected chi connectivity index (χ1v) is 5.97. The zero-order chi connectivity index (χ0) is 14.4. The number of likely N-dealkylation sites (N-methyl/N-ethyl adjacent to an activating group) is 1. The number of hydrogen-bond acceptors (Lipinski definition) is 4. The molecule has 2 amide bonds. The van der Waals surface area contributed by atoms with Crippen molar-refractivity contribution in [3.05, 3.63) is 0 Å². The molecule has 1 fully saturated rings. The summed E-state index contributed by atoms with van der Waals surface area (Å²) in [5, 5.41) is 19.8. The summed E-state index contributed by atoms with van der Waals surface area (Å²) < 4.78 is 5.14. The average Bonchev–Trinajstić information content (AvgIpc) is 2.86. The Morgan fingerprint density at radius 3 is 2.58 bits per heavy atom. The first-order chi connectivity index (χ1) is 8.91. The van der Waals surface area contributed by atoms with Crippen LogP contribution in [-0.2, 0) is 14.3 Å². The first kappa shape index (κ1) is 15.2. The number of carboxylic acid groups (broad SMARTS) is 2. The molecular formula is C11H18N2O6. The maximum Gasteiger partial charge on any atom is 0.326 e. The second-order valence-electron chi connectivity index (χ2n) is 4.40. The van der Waals surface area contributed by atoms with E-state index < -0.39 is 24.0 Å². The zero-order valence-electron chi connectivity index (χ0n) is 10.7. The van der Waals surface area contributed by atoms with E-state index in [9.17, 15) is 14.4 Å². The van der Waals surface area contributed by atoms with Crippen LogP contribution in [0.5, 0.6) is 0 Å². The fourth-order valence-corrected chi connectivity index (χ4v) is 1.77. The Morgan fingerprint density at radius 1 is 1.42 bits per heavy atom. The van der Waals surface area contributed by atoms with Crippen LogP contribution in [0.3, 0.4) is 0 Å². The molecule has 0 radical (unpaired) electrons. The van der Waals surface area contributed by atoms with Gasteiger partial charge in [0.25, 0.3) is 0 Å². The lowest BCUT2D eigenvalue weighted by atomic mass is 10.1. The highest BCUT2D eigenvalue weighted by atomic mass is 16.5. The van der Waals surface area contributed by atoms with E-state index in [0.717, 1.165) is 0 Å². The predicted molar refractivity (Wildman–Crippen MR) is 63.8 cm³/mol. The van der Waals surface area contributed by atoms with E-state index in [1.165, 1.54) is 4.90 Å². The minimum absolute atomic E-state index is 0.0751. The summed E-state index contributed by atoms with van der Waals surface area (Å²) in [5.41, 5.74) is 0. The molecule has 0 aromatic heterocycles. The Labute approximate surface area is 110 Å². The lowest BCUT2D eigenvalue weighted by molar-refractivity contribution is -0.140. The summed E-state index contributed by atoms with van der Waals surface area (Å²) in [6.07, 6.45) is 0.246. The maximum absolute atomic E-state index is 11.8. The molecule has 1 rings (SSSR count). The topological polar surface area (TPSA) is 116 Å². The molecule has 0 aliphatic carbocycles. The van der Waals surface area contributed by atoms with Gasteiger partial charge < -0.3 is 25.2 Å². The molecule has 3 N–H and O–H groups in total. The number of nitrogens with zero attached hydrogens (tertiary/aromatic N) is 1. The predicted octanol–water partition coefficient (Wildman–Crippen LogP) is -0.265. The van der Waals surface area contributed by atoms with Crippen molar-refractivity contribution in [3.8, 4) is 0 Å². The van der Waals surface area contributed by atoms with Crippen LogP contribution in [0.1, 0.15) is 19.3 Å². The number of rotatable bonds is 6. The van der Waals surface area contributed by atoms with Crippen molar-refractivity contribution in [1.82, 2.24) is 10.2 Å². The van der Waals surface area contributed by atoms with E-state index in [1.807, 2.05) is 0 Å². The van der Waals surface area contributed by atoms with E-state index in [4.69, 9.17) is 14.9 Å². The Balaban J connectivity index is 2.50. The molecule has 19 heavy (non-hydrogen) atoms. The minimum Gasteiger partial charge on any atom is -0.481 e. The van der Waals surface area contributed by atoms with Crippen molar-refractivity contribution in [2.45, 2.75) is 31.3 Å². The van der Waals surface area contributed by atoms with E-state index in [2.05, 4.69) is 5.32 Å². The van der Waals surface area contributed by atoms with Gasteiger partial charge in [-0.25, -0.2) is 9.59 Å². The van der Waals surface area contributed by atoms with Gasteiger partial charge in [0.15, 0.2) is 0 Å². The number of carbonyl (C=O) groups is 3. The number of hydrogen-bond donors (Lipinski definition) is 3. The van der Waals surface area contributed by atoms with Crippen LogP contribution >= 0.6 is 0 Å². The molecule has 0 aromatic rings. The third-order valence-corrected chi connectivity index (χ3v) is 3.02. The quantitative estimate of drug-likeness (QED) is 0.614. The highest BCUT2D eigenvalue weighted by Gasteiger charge is 2.27. The smallest absolute Gasteiger partial charge is 0.326 e. The molecule has 0 spiro atoms. The van der Waals surface area contributed by atoms with Crippen LogP contribution in [0.25, 0.3) is 0 Å². The van der Waals surface area contributed by atoms with Crippen LogP contribution in [0.15, 0.2) is 0 Å². The lowest BCUT2D eigenvalue weighted by Crippen LogP contribution is -2.50. The first-order valence-electron chi connectivity index (χ1n) is 5.97. The fraction of sp³-hybridized carbons (Fsp3) is 0.727. The Morgan fingerprint density at radius 2 is 2.11 bits per heavy atom.